The van der Waals surface area contributed by atoms with Crippen molar-refractivity contribution in [3.8, 4) is 6.07 Å². The molecule has 0 unspecified atom stereocenters. The molecule has 0 saturated heterocycles. The number of aromatic amines is 1. The summed E-state index contributed by atoms with van der Waals surface area (Å²) in [5.74, 6) is -0.0876. The van der Waals surface area contributed by atoms with Gasteiger partial charge in [-0.05, 0) is 23.8 Å². The average Bonchev–Trinajstić information content (AvgIpc) is 2.72. The largest absolute Gasteiger partial charge is 0.338 e. The molecular weight excluding hydrogens is 358 g/mol. The molecule has 0 aliphatic carbocycles. The third-order valence-corrected chi connectivity index (χ3v) is 4.98. The van der Waals surface area contributed by atoms with Gasteiger partial charge in [0.2, 0.25) is 5.91 Å². The number of para-hydroxylation sites is 1. The topological polar surface area (TPSA) is 112 Å². The van der Waals surface area contributed by atoms with E-state index in [1.807, 2.05) is 12.1 Å². The lowest BCUT2D eigenvalue weighted by molar-refractivity contribution is -0.132. The van der Waals surface area contributed by atoms with Gasteiger partial charge >= 0.3 is 0 Å². The third-order valence-electron chi connectivity index (χ3n) is 4.98. The molecular formula is C20H17N5O3. The van der Waals surface area contributed by atoms with E-state index >= 15 is 0 Å². The van der Waals surface area contributed by atoms with Crippen LogP contribution >= 0.6 is 0 Å². The minimum atomic E-state index is -0.399. The number of hydrogen-bond donors (Lipinski definition) is 1. The molecule has 0 saturated carbocycles. The van der Waals surface area contributed by atoms with Crippen molar-refractivity contribution in [1.82, 2.24) is 19.4 Å². The zero-order chi connectivity index (χ0) is 19.7. The number of amides is 1. The van der Waals surface area contributed by atoms with Crippen LogP contribution in [0.3, 0.4) is 0 Å². The molecule has 2 aromatic heterocycles. The second-order valence-corrected chi connectivity index (χ2v) is 6.70. The van der Waals surface area contributed by atoms with Crippen molar-refractivity contribution < 1.29 is 4.79 Å². The van der Waals surface area contributed by atoms with Crippen LogP contribution in [-0.2, 0) is 24.3 Å². The summed E-state index contributed by atoms with van der Waals surface area (Å²) in [5, 5.41) is 9.54. The summed E-state index contributed by atoms with van der Waals surface area (Å²) in [6.07, 6.45) is 2.16. The Morgan fingerprint density at radius 2 is 2.11 bits per heavy atom. The Balaban J connectivity index is 1.48. The van der Waals surface area contributed by atoms with Gasteiger partial charge in [0.1, 0.15) is 11.6 Å². The van der Waals surface area contributed by atoms with Crippen molar-refractivity contribution in [2.75, 3.05) is 6.54 Å². The number of nitriles is 1. The molecule has 1 amide bonds. The molecule has 28 heavy (non-hydrogen) atoms. The fraction of sp³-hybridized carbons (Fsp3) is 0.250. The minimum absolute atomic E-state index is 0.0434. The lowest BCUT2D eigenvalue weighted by atomic mass is 10.0. The van der Waals surface area contributed by atoms with Gasteiger partial charge in [-0.15, -0.1) is 0 Å². The fourth-order valence-corrected chi connectivity index (χ4v) is 3.44. The molecule has 0 spiro atoms. The van der Waals surface area contributed by atoms with Crippen LogP contribution < -0.4 is 11.1 Å². The first-order valence-electron chi connectivity index (χ1n) is 8.94. The average molecular weight is 375 g/mol. The standard InChI is InChI=1S/C20H17N5O3/c21-10-13-9-14-11-24(7-5-16(14)23-19(13)27)18(26)6-8-25-12-22-17-4-2-1-3-15(17)20(25)28/h1-4,9,12H,5-8,11H2,(H,23,27). The maximum atomic E-state index is 12.6. The number of carbonyl (C=O) groups is 1. The predicted molar refractivity (Wildman–Crippen MR) is 102 cm³/mol. The summed E-state index contributed by atoms with van der Waals surface area (Å²) < 4.78 is 1.45. The lowest BCUT2D eigenvalue weighted by Gasteiger charge is -2.28. The van der Waals surface area contributed by atoms with Crippen molar-refractivity contribution in [2.45, 2.75) is 25.9 Å². The Kier molecular flexibility index (Phi) is 4.49. The van der Waals surface area contributed by atoms with Crippen molar-refractivity contribution in [2.24, 2.45) is 0 Å². The molecule has 8 heteroatoms. The summed E-state index contributed by atoms with van der Waals surface area (Å²) in [7, 11) is 0. The van der Waals surface area contributed by atoms with E-state index in [1.54, 1.807) is 29.2 Å². The summed E-state index contributed by atoms with van der Waals surface area (Å²) in [6, 6.07) is 10.5. The summed E-state index contributed by atoms with van der Waals surface area (Å²) in [5.41, 5.74) is 1.65. The third kappa shape index (κ3) is 3.18. The number of aryl methyl sites for hydroxylation is 1. The van der Waals surface area contributed by atoms with Crippen molar-refractivity contribution in [3.63, 3.8) is 0 Å². The molecule has 1 aliphatic heterocycles. The van der Waals surface area contributed by atoms with Gasteiger partial charge in [-0.2, -0.15) is 5.26 Å². The number of rotatable bonds is 3. The smallest absolute Gasteiger partial charge is 0.266 e. The number of nitrogens with one attached hydrogen (secondary N) is 1. The monoisotopic (exact) mass is 375 g/mol. The molecule has 1 N–H and O–H groups in total. The molecule has 0 fully saturated rings. The predicted octanol–water partition coefficient (Wildman–Crippen LogP) is 0.931. The molecule has 1 aliphatic rings. The van der Waals surface area contributed by atoms with Crippen molar-refractivity contribution in [1.29, 1.82) is 5.26 Å². The van der Waals surface area contributed by atoms with E-state index in [0.29, 0.717) is 30.4 Å². The Morgan fingerprint density at radius 1 is 1.29 bits per heavy atom. The quantitative estimate of drug-likeness (QED) is 0.732. The van der Waals surface area contributed by atoms with Crippen LogP contribution in [0.2, 0.25) is 0 Å². The molecule has 0 radical (unpaired) electrons. The van der Waals surface area contributed by atoms with E-state index in [1.165, 1.54) is 10.9 Å². The van der Waals surface area contributed by atoms with Crippen LogP contribution in [0.4, 0.5) is 0 Å². The van der Waals surface area contributed by atoms with Gasteiger partial charge in [-0.25, -0.2) is 4.98 Å². The molecule has 0 atom stereocenters. The van der Waals surface area contributed by atoms with Crippen LogP contribution in [0, 0.1) is 11.3 Å². The number of aromatic nitrogens is 3. The molecule has 1 aromatic carbocycles. The summed E-state index contributed by atoms with van der Waals surface area (Å²) in [6.45, 7) is 1.07. The first-order chi connectivity index (χ1) is 13.6. The Morgan fingerprint density at radius 3 is 2.93 bits per heavy atom. The number of carbonyl (C=O) groups excluding carboxylic acids is 1. The van der Waals surface area contributed by atoms with Gasteiger partial charge in [-0.3, -0.25) is 19.0 Å². The van der Waals surface area contributed by atoms with Gasteiger partial charge < -0.3 is 9.88 Å². The van der Waals surface area contributed by atoms with Gasteiger partial charge in [0.05, 0.1) is 17.2 Å². The summed E-state index contributed by atoms with van der Waals surface area (Å²) in [4.78, 5) is 45.5. The van der Waals surface area contributed by atoms with Crippen LogP contribution in [0.25, 0.3) is 10.9 Å². The SMILES string of the molecule is N#Cc1cc2c([nH]c1=O)CCN(C(=O)CCn1cnc3ccccc3c1=O)C2. The Labute approximate surface area is 159 Å². The highest BCUT2D eigenvalue weighted by Gasteiger charge is 2.22. The number of hydrogen-bond acceptors (Lipinski definition) is 5. The number of nitrogens with zero attached hydrogens (tertiary/aromatic N) is 4. The first kappa shape index (κ1) is 17.7. The highest BCUT2D eigenvalue weighted by atomic mass is 16.2. The zero-order valence-electron chi connectivity index (χ0n) is 15.0. The zero-order valence-corrected chi connectivity index (χ0v) is 15.0. The number of fused-ring (bicyclic) bond motifs is 2. The maximum absolute atomic E-state index is 12.6. The van der Waals surface area contributed by atoms with Gasteiger partial charge in [0.25, 0.3) is 11.1 Å². The highest BCUT2D eigenvalue weighted by Crippen LogP contribution is 2.17. The maximum Gasteiger partial charge on any atom is 0.266 e. The minimum Gasteiger partial charge on any atom is -0.338 e. The van der Waals surface area contributed by atoms with E-state index in [0.717, 1.165) is 11.3 Å². The van der Waals surface area contributed by atoms with Crippen LogP contribution in [-0.4, -0.2) is 31.9 Å². The van der Waals surface area contributed by atoms with Gasteiger partial charge in [-0.1, -0.05) is 12.1 Å². The first-order valence-corrected chi connectivity index (χ1v) is 8.94. The van der Waals surface area contributed by atoms with E-state index in [2.05, 4.69) is 9.97 Å². The van der Waals surface area contributed by atoms with E-state index in [-0.39, 0.29) is 30.0 Å². The second kappa shape index (κ2) is 7.12. The van der Waals surface area contributed by atoms with E-state index in [4.69, 9.17) is 5.26 Å². The molecule has 8 nitrogen and oxygen atoms in total. The van der Waals surface area contributed by atoms with Crippen LogP contribution in [0.5, 0.6) is 0 Å². The van der Waals surface area contributed by atoms with Crippen molar-refractivity contribution >= 4 is 16.8 Å². The molecule has 0 bridgehead atoms. The van der Waals surface area contributed by atoms with Gasteiger partial charge in [0, 0.05) is 38.2 Å². The van der Waals surface area contributed by atoms with E-state index < -0.39 is 5.56 Å². The Bertz CT molecular complexity index is 1240. The Hall–Kier alpha value is -3.73. The highest BCUT2D eigenvalue weighted by molar-refractivity contribution is 5.77. The van der Waals surface area contributed by atoms with Gasteiger partial charge in [0.15, 0.2) is 0 Å². The van der Waals surface area contributed by atoms with Crippen LogP contribution in [0.15, 0.2) is 46.2 Å². The number of benzene rings is 1. The fourth-order valence-electron chi connectivity index (χ4n) is 3.44. The number of H-pyrrole nitrogens is 1. The normalized spacial score (nSPS) is 13.2. The second-order valence-electron chi connectivity index (χ2n) is 6.70. The molecule has 3 heterocycles. The van der Waals surface area contributed by atoms with Crippen LogP contribution in [0.1, 0.15) is 23.2 Å². The summed E-state index contributed by atoms with van der Waals surface area (Å²) >= 11 is 0. The lowest BCUT2D eigenvalue weighted by Crippen LogP contribution is -2.38. The number of pyridine rings is 1. The molecule has 140 valence electrons. The van der Waals surface area contributed by atoms with Crippen molar-refractivity contribution in [3.05, 3.63) is 74.2 Å². The van der Waals surface area contributed by atoms with E-state index in [9.17, 15) is 14.4 Å². The molecule has 4 rings (SSSR count). The molecule has 3 aromatic rings.